The van der Waals surface area contributed by atoms with Gasteiger partial charge in [-0.15, -0.1) is 0 Å². The third-order valence-corrected chi connectivity index (χ3v) is 5.53. The highest BCUT2D eigenvalue weighted by Crippen LogP contribution is 2.35. The average Bonchev–Trinajstić information content (AvgIpc) is 2.62. The molecule has 3 nitrogen and oxygen atoms in total. The molecule has 0 unspecified atom stereocenters. The van der Waals surface area contributed by atoms with Gasteiger partial charge in [0.05, 0.1) is 5.41 Å². The zero-order valence-corrected chi connectivity index (χ0v) is 15.0. The van der Waals surface area contributed by atoms with Crippen LogP contribution in [0.1, 0.15) is 52.0 Å². The molecule has 1 fully saturated rings. The number of carbonyl (C=O) groups is 1. The summed E-state index contributed by atoms with van der Waals surface area (Å²) in [6, 6.07) is 10.3. The molecule has 0 saturated carbocycles. The number of nitrogens with zero attached hydrogens (tertiary/aromatic N) is 1. The molecule has 1 aromatic carbocycles. The Hall–Kier alpha value is -1.35. The van der Waals surface area contributed by atoms with Gasteiger partial charge < -0.3 is 10.2 Å². The summed E-state index contributed by atoms with van der Waals surface area (Å²) in [4.78, 5) is 15.4. The van der Waals surface area contributed by atoms with Crippen LogP contribution >= 0.6 is 0 Å². The number of carbonyl (C=O) groups excluding carboxylic acids is 1. The normalized spacial score (nSPS) is 16.6. The molecule has 1 saturated heterocycles. The van der Waals surface area contributed by atoms with Gasteiger partial charge in [0, 0.05) is 13.1 Å². The summed E-state index contributed by atoms with van der Waals surface area (Å²) < 4.78 is 0. The Balaban J connectivity index is 2.08. The molecule has 1 aliphatic rings. The van der Waals surface area contributed by atoms with Gasteiger partial charge in [0.25, 0.3) is 0 Å². The second kappa shape index (κ2) is 8.49. The second-order valence-corrected chi connectivity index (χ2v) is 6.70. The molecule has 0 atom stereocenters. The monoisotopic (exact) mass is 316 g/mol. The lowest BCUT2D eigenvalue weighted by Gasteiger charge is -2.40. The number of piperidine rings is 1. The fourth-order valence-corrected chi connectivity index (χ4v) is 3.83. The van der Waals surface area contributed by atoms with Crippen LogP contribution in [-0.2, 0) is 10.2 Å². The van der Waals surface area contributed by atoms with Crippen LogP contribution in [0.25, 0.3) is 0 Å². The molecular weight excluding hydrogens is 284 g/mol. The van der Waals surface area contributed by atoms with Crippen LogP contribution < -0.4 is 5.32 Å². The van der Waals surface area contributed by atoms with Crippen LogP contribution in [0.2, 0.25) is 0 Å². The van der Waals surface area contributed by atoms with Crippen LogP contribution in [0.5, 0.6) is 0 Å². The molecule has 23 heavy (non-hydrogen) atoms. The third-order valence-electron chi connectivity index (χ3n) is 5.53. The van der Waals surface area contributed by atoms with Crippen molar-refractivity contribution < 1.29 is 4.79 Å². The number of hydrogen-bond donors (Lipinski definition) is 1. The molecule has 0 aromatic heterocycles. The smallest absolute Gasteiger partial charge is 0.233 e. The van der Waals surface area contributed by atoms with Crippen LogP contribution in [0, 0.1) is 5.92 Å². The Morgan fingerprint density at radius 3 is 2.26 bits per heavy atom. The maximum Gasteiger partial charge on any atom is 0.233 e. The fourth-order valence-electron chi connectivity index (χ4n) is 3.83. The summed E-state index contributed by atoms with van der Waals surface area (Å²) in [5.41, 5.74) is 0.820. The summed E-state index contributed by atoms with van der Waals surface area (Å²) in [6.07, 6.45) is 3.97. The van der Waals surface area contributed by atoms with Gasteiger partial charge >= 0.3 is 0 Å². The van der Waals surface area contributed by atoms with Crippen molar-refractivity contribution in [2.45, 2.75) is 51.9 Å². The lowest BCUT2D eigenvalue weighted by Crippen LogP contribution is -2.50. The van der Waals surface area contributed by atoms with E-state index in [1.165, 1.54) is 5.56 Å². The molecule has 3 heteroatoms. The molecule has 1 amide bonds. The van der Waals surface area contributed by atoms with E-state index in [0.717, 1.165) is 51.9 Å². The van der Waals surface area contributed by atoms with Crippen molar-refractivity contribution in [2.75, 3.05) is 26.2 Å². The Morgan fingerprint density at radius 1 is 1.13 bits per heavy atom. The van der Waals surface area contributed by atoms with Crippen LogP contribution in [0.3, 0.4) is 0 Å². The van der Waals surface area contributed by atoms with Crippen molar-refractivity contribution in [3.05, 3.63) is 35.9 Å². The topological polar surface area (TPSA) is 32.3 Å². The molecule has 128 valence electrons. The van der Waals surface area contributed by atoms with Crippen molar-refractivity contribution in [2.24, 2.45) is 5.92 Å². The Kier molecular flexibility index (Phi) is 6.64. The van der Waals surface area contributed by atoms with E-state index >= 15 is 0 Å². The minimum absolute atomic E-state index is 0.329. The van der Waals surface area contributed by atoms with Gasteiger partial charge in [0.2, 0.25) is 5.91 Å². The van der Waals surface area contributed by atoms with Crippen molar-refractivity contribution in [3.63, 3.8) is 0 Å². The van der Waals surface area contributed by atoms with Gasteiger partial charge in [-0.05, 0) is 50.3 Å². The summed E-state index contributed by atoms with van der Waals surface area (Å²) in [7, 11) is 0. The summed E-state index contributed by atoms with van der Waals surface area (Å²) >= 11 is 0. The third kappa shape index (κ3) is 3.95. The van der Waals surface area contributed by atoms with E-state index in [4.69, 9.17) is 0 Å². The largest absolute Gasteiger partial charge is 0.342 e. The average molecular weight is 316 g/mol. The number of likely N-dealkylation sites (tertiary alicyclic amines) is 1. The van der Waals surface area contributed by atoms with Crippen LogP contribution in [0.15, 0.2) is 30.3 Å². The van der Waals surface area contributed by atoms with E-state index in [1.807, 2.05) is 18.2 Å². The van der Waals surface area contributed by atoms with Gasteiger partial charge in [-0.2, -0.15) is 0 Å². The summed E-state index contributed by atoms with van der Waals surface area (Å²) in [5.74, 6) is 1.05. The zero-order valence-electron chi connectivity index (χ0n) is 15.0. The first-order valence-electron chi connectivity index (χ1n) is 9.23. The van der Waals surface area contributed by atoms with Gasteiger partial charge in [0.1, 0.15) is 0 Å². The van der Waals surface area contributed by atoms with Gasteiger partial charge in [-0.3, -0.25) is 4.79 Å². The molecule has 0 aliphatic carbocycles. The van der Waals surface area contributed by atoms with E-state index in [9.17, 15) is 4.79 Å². The number of hydrogen-bond acceptors (Lipinski definition) is 2. The number of rotatable bonds is 7. The first-order chi connectivity index (χ1) is 11.2. The summed E-state index contributed by atoms with van der Waals surface area (Å²) in [6.45, 7) is 10.4. The molecule has 1 N–H and O–H groups in total. The minimum Gasteiger partial charge on any atom is -0.342 e. The first kappa shape index (κ1) is 18.0. The SMILES string of the molecule is CCNCC1CCN(C(=O)C(CC)(CC)c2ccccc2)CC1. The van der Waals surface area contributed by atoms with Crippen LogP contribution in [0.4, 0.5) is 0 Å². The molecule has 0 bridgehead atoms. The van der Waals surface area contributed by atoms with Crippen molar-refractivity contribution in [1.29, 1.82) is 0 Å². The lowest BCUT2D eigenvalue weighted by atomic mass is 9.74. The molecule has 0 spiro atoms. The highest BCUT2D eigenvalue weighted by atomic mass is 16.2. The Labute approximate surface area is 141 Å². The minimum atomic E-state index is -0.351. The van der Waals surface area contributed by atoms with Gasteiger partial charge in [-0.1, -0.05) is 51.1 Å². The van der Waals surface area contributed by atoms with E-state index in [2.05, 4.69) is 43.1 Å². The van der Waals surface area contributed by atoms with Crippen molar-refractivity contribution in [1.82, 2.24) is 10.2 Å². The predicted molar refractivity (Wildman–Crippen MR) is 96.5 cm³/mol. The quantitative estimate of drug-likeness (QED) is 0.834. The van der Waals surface area contributed by atoms with E-state index in [-0.39, 0.29) is 5.41 Å². The highest BCUT2D eigenvalue weighted by Gasteiger charge is 2.40. The van der Waals surface area contributed by atoms with E-state index in [0.29, 0.717) is 11.8 Å². The maximum absolute atomic E-state index is 13.3. The van der Waals surface area contributed by atoms with E-state index in [1.54, 1.807) is 0 Å². The summed E-state index contributed by atoms with van der Waals surface area (Å²) in [5, 5.41) is 3.44. The maximum atomic E-state index is 13.3. The first-order valence-corrected chi connectivity index (χ1v) is 9.23. The Morgan fingerprint density at radius 2 is 1.74 bits per heavy atom. The molecule has 0 radical (unpaired) electrons. The fraction of sp³-hybridized carbons (Fsp3) is 0.650. The van der Waals surface area contributed by atoms with Crippen LogP contribution in [-0.4, -0.2) is 37.0 Å². The highest BCUT2D eigenvalue weighted by molar-refractivity contribution is 5.88. The van der Waals surface area contributed by atoms with Crippen molar-refractivity contribution in [3.8, 4) is 0 Å². The molecule has 1 aliphatic heterocycles. The number of amides is 1. The van der Waals surface area contributed by atoms with Gasteiger partial charge in [0.15, 0.2) is 0 Å². The predicted octanol–water partition coefficient (Wildman–Crippen LogP) is 3.59. The lowest BCUT2D eigenvalue weighted by molar-refractivity contribution is -0.139. The van der Waals surface area contributed by atoms with Crippen molar-refractivity contribution >= 4 is 5.91 Å². The number of benzene rings is 1. The standard InChI is InChI=1S/C20H32N2O/c1-4-20(5-2,18-10-8-7-9-11-18)19(23)22-14-12-17(13-15-22)16-21-6-3/h7-11,17,21H,4-6,12-16H2,1-3H3. The number of nitrogens with one attached hydrogen (secondary N) is 1. The molecule has 1 aromatic rings. The molecule has 1 heterocycles. The van der Waals surface area contributed by atoms with Gasteiger partial charge in [-0.25, -0.2) is 0 Å². The molecular formula is C20H32N2O. The molecule has 2 rings (SSSR count). The second-order valence-electron chi connectivity index (χ2n) is 6.70. The zero-order chi connectivity index (χ0) is 16.7. The Bertz CT molecular complexity index is 474. The van der Waals surface area contributed by atoms with E-state index < -0.39 is 0 Å².